The van der Waals surface area contributed by atoms with Crippen molar-refractivity contribution in [3.05, 3.63) is 129 Å². The molecule has 4 aromatic rings. The van der Waals surface area contributed by atoms with Crippen molar-refractivity contribution in [3.63, 3.8) is 0 Å². The number of amides is 1. The first-order chi connectivity index (χ1) is 19.0. The van der Waals surface area contributed by atoms with Crippen molar-refractivity contribution in [2.45, 2.75) is 49.2 Å². The van der Waals surface area contributed by atoms with Crippen LogP contribution in [0.1, 0.15) is 41.3 Å². The Bertz CT molecular complexity index is 1470. The first-order valence-electron chi connectivity index (χ1n) is 13.0. The smallest absolute Gasteiger partial charge is 0.277 e. The number of halogens is 2. The molecule has 1 unspecified atom stereocenters. The molecule has 2 aliphatic rings. The zero-order valence-corrected chi connectivity index (χ0v) is 22.2. The summed E-state index contributed by atoms with van der Waals surface area (Å²) in [7, 11) is 0. The number of nitrogens with zero attached hydrogens (tertiary/aromatic N) is 3. The molecule has 1 saturated heterocycles. The number of thioether (sulfide) groups is 1. The Morgan fingerprint density at radius 3 is 2.26 bits per heavy atom. The van der Waals surface area contributed by atoms with Crippen molar-refractivity contribution in [1.82, 2.24) is 14.5 Å². The van der Waals surface area contributed by atoms with Crippen LogP contribution in [-0.4, -0.2) is 26.9 Å². The fourth-order valence-corrected chi connectivity index (χ4v) is 6.07. The molecule has 1 aliphatic carbocycles. The molecule has 1 fully saturated rings. The molecular weight excluding hydrogens is 516 g/mol. The van der Waals surface area contributed by atoms with Crippen molar-refractivity contribution in [3.8, 4) is 0 Å². The Hall–Kier alpha value is -3.78. The van der Waals surface area contributed by atoms with Gasteiger partial charge in [0.25, 0.3) is 5.56 Å². The molecule has 1 aliphatic heterocycles. The maximum atomic E-state index is 13.6. The van der Waals surface area contributed by atoms with Crippen LogP contribution in [0.25, 0.3) is 0 Å². The Labute approximate surface area is 230 Å². The summed E-state index contributed by atoms with van der Waals surface area (Å²) >= 11 is 1.39. The fraction of sp³-hybridized carbons (Fsp3) is 0.258. The molecule has 0 radical (unpaired) electrons. The quantitative estimate of drug-likeness (QED) is 0.222. The first kappa shape index (κ1) is 26.8. The zero-order chi connectivity index (χ0) is 27.2. The predicted octanol–water partition coefficient (Wildman–Crippen LogP) is 5.96. The Morgan fingerprint density at radius 1 is 0.846 bits per heavy atom. The molecule has 1 atom stereocenters. The molecule has 0 spiro atoms. The summed E-state index contributed by atoms with van der Waals surface area (Å²) in [6.45, 7) is 0.907. The number of fused-ring (bicyclic) bond motifs is 1. The lowest BCUT2D eigenvalue weighted by atomic mass is 10.2. The second kappa shape index (κ2) is 12.4. The third kappa shape index (κ3) is 6.45. The van der Waals surface area contributed by atoms with Crippen LogP contribution >= 0.6 is 11.8 Å². The minimum Gasteiger partial charge on any atom is -0.336 e. The van der Waals surface area contributed by atoms with Crippen molar-refractivity contribution in [2.24, 2.45) is 0 Å². The first-order valence-corrected chi connectivity index (χ1v) is 14.0. The molecule has 3 aromatic carbocycles. The molecule has 0 N–H and O–H groups in total. The van der Waals surface area contributed by atoms with E-state index in [2.05, 4.69) is 4.98 Å². The molecule has 1 amide bonds. The Kier molecular flexibility index (Phi) is 8.51. The predicted molar refractivity (Wildman–Crippen MR) is 148 cm³/mol. The van der Waals surface area contributed by atoms with Crippen LogP contribution in [0.3, 0.4) is 0 Å². The summed E-state index contributed by atoms with van der Waals surface area (Å²) in [5, 5.41) is 0.524. The number of carbonyl (C=O) groups excluding carboxylic acids is 1. The molecule has 0 bridgehead atoms. The minimum absolute atomic E-state index is 0.0394. The van der Waals surface area contributed by atoms with Gasteiger partial charge in [-0.3, -0.25) is 9.59 Å². The van der Waals surface area contributed by atoms with Crippen LogP contribution < -0.4 is 5.56 Å². The van der Waals surface area contributed by atoms with Crippen LogP contribution in [0.4, 0.5) is 8.78 Å². The topological polar surface area (TPSA) is 55.2 Å². The van der Waals surface area contributed by atoms with Gasteiger partial charge in [-0.05, 0) is 61.1 Å². The molecule has 6 rings (SSSR count). The lowest BCUT2D eigenvalue weighted by molar-refractivity contribution is -0.131. The van der Waals surface area contributed by atoms with Gasteiger partial charge in [0.1, 0.15) is 17.7 Å². The van der Waals surface area contributed by atoms with E-state index in [0.29, 0.717) is 42.4 Å². The normalized spacial score (nSPS) is 16.1. The van der Waals surface area contributed by atoms with Gasteiger partial charge < -0.3 is 9.47 Å². The van der Waals surface area contributed by atoms with E-state index in [1.54, 1.807) is 23.1 Å². The number of carbonyl (C=O) groups is 1. The summed E-state index contributed by atoms with van der Waals surface area (Å²) in [4.78, 5) is 32.2. The summed E-state index contributed by atoms with van der Waals surface area (Å²) in [5.74, 6) is -0.148. The van der Waals surface area contributed by atoms with E-state index in [9.17, 15) is 18.4 Å². The van der Waals surface area contributed by atoms with Gasteiger partial charge in [-0.2, -0.15) is 4.98 Å². The van der Waals surface area contributed by atoms with E-state index in [-0.39, 0.29) is 23.1 Å². The van der Waals surface area contributed by atoms with Crippen LogP contribution in [0.15, 0.2) is 94.9 Å². The van der Waals surface area contributed by atoms with Gasteiger partial charge in [-0.1, -0.05) is 72.4 Å². The van der Waals surface area contributed by atoms with Crippen LogP contribution in [0, 0.1) is 11.6 Å². The molecule has 2 heterocycles. The second-order valence-electron chi connectivity index (χ2n) is 9.61. The maximum Gasteiger partial charge on any atom is 0.277 e. The van der Waals surface area contributed by atoms with Crippen molar-refractivity contribution >= 4 is 17.7 Å². The third-order valence-electron chi connectivity index (χ3n) is 6.93. The van der Waals surface area contributed by atoms with E-state index in [1.807, 2.05) is 47.0 Å². The summed E-state index contributed by atoms with van der Waals surface area (Å²) in [6.07, 6.45) is 2.89. The van der Waals surface area contributed by atoms with Gasteiger partial charge in [-0.25, -0.2) is 8.78 Å². The molecule has 200 valence electrons. The average molecular weight is 546 g/mol. The molecule has 5 nitrogen and oxygen atoms in total. The zero-order valence-electron chi connectivity index (χ0n) is 21.4. The lowest BCUT2D eigenvalue weighted by Crippen LogP contribution is -2.31. The maximum absolute atomic E-state index is 13.6. The highest BCUT2D eigenvalue weighted by Crippen LogP contribution is 2.34. The van der Waals surface area contributed by atoms with Crippen molar-refractivity contribution in [2.75, 3.05) is 6.54 Å². The van der Waals surface area contributed by atoms with E-state index in [1.165, 1.54) is 36.0 Å². The number of hydrogen-bond acceptors (Lipinski definition) is 4. The van der Waals surface area contributed by atoms with Crippen LogP contribution in [0.2, 0.25) is 0 Å². The molecule has 39 heavy (non-hydrogen) atoms. The van der Waals surface area contributed by atoms with Crippen LogP contribution in [-0.2, 0) is 29.9 Å². The van der Waals surface area contributed by atoms with Crippen molar-refractivity contribution < 1.29 is 13.6 Å². The number of benzene rings is 3. The molecule has 1 aromatic heterocycles. The SMILES string of the molecule is O=C1C(n2c(SCc3ccc(F)cc3)nc(=O)c3c2CCC3)CCN1Cc1cccc(F)c1.c1ccccc1. The molecule has 8 heteroatoms. The Balaban J connectivity index is 0.000000455. The van der Waals surface area contributed by atoms with E-state index in [0.717, 1.165) is 29.7 Å². The lowest BCUT2D eigenvalue weighted by Gasteiger charge is -2.23. The standard InChI is InChI=1S/C25H23F2N3O2S.C6H6/c26-18-9-7-16(8-10-18)15-33-25-28-23(31)20-5-2-6-21(20)30(25)22-11-12-29(24(22)32)14-17-3-1-4-19(27)13-17;1-2-4-6-5-3-1/h1,3-4,7-10,13,22H,2,5-6,11-12,14-15H2;1-6H. The van der Waals surface area contributed by atoms with Gasteiger partial charge in [0, 0.05) is 30.1 Å². The number of rotatable bonds is 6. The van der Waals surface area contributed by atoms with E-state index >= 15 is 0 Å². The highest BCUT2D eigenvalue weighted by molar-refractivity contribution is 7.98. The third-order valence-corrected chi connectivity index (χ3v) is 7.96. The van der Waals surface area contributed by atoms with Crippen molar-refractivity contribution in [1.29, 1.82) is 0 Å². The summed E-state index contributed by atoms with van der Waals surface area (Å²) < 4.78 is 28.8. The van der Waals surface area contributed by atoms with Gasteiger partial charge in [0.15, 0.2) is 5.16 Å². The number of likely N-dealkylation sites (tertiary alicyclic amines) is 1. The van der Waals surface area contributed by atoms with E-state index in [4.69, 9.17) is 0 Å². The number of hydrogen-bond donors (Lipinski definition) is 0. The van der Waals surface area contributed by atoms with Gasteiger partial charge in [0.05, 0.1) is 0 Å². The van der Waals surface area contributed by atoms with E-state index < -0.39 is 6.04 Å². The summed E-state index contributed by atoms with van der Waals surface area (Å²) in [6, 6.07) is 24.1. The second-order valence-corrected chi connectivity index (χ2v) is 10.6. The van der Waals surface area contributed by atoms with Gasteiger partial charge in [0.2, 0.25) is 5.91 Å². The van der Waals surface area contributed by atoms with Gasteiger partial charge >= 0.3 is 0 Å². The Morgan fingerprint density at radius 2 is 1.56 bits per heavy atom. The fourth-order valence-electron chi connectivity index (χ4n) is 5.06. The summed E-state index contributed by atoms with van der Waals surface area (Å²) in [5.41, 5.74) is 3.05. The van der Waals surface area contributed by atoms with Crippen LogP contribution in [0.5, 0.6) is 0 Å². The number of aromatic nitrogens is 2. The minimum atomic E-state index is -0.436. The van der Waals surface area contributed by atoms with Gasteiger partial charge in [-0.15, -0.1) is 0 Å². The molecular formula is C31H29F2N3O2S. The largest absolute Gasteiger partial charge is 0.336 e. The highest BCUT2D eigenvalue weighted by atomic mass is 32.2. The highest BCUT2D eigenvalue weighted by Gasteiger charge is 2.37. The average Bonchev–Trinajstić information content (AvgIpc) is 3.58. The monoisotopic (exact) mass is 545 g/mol. The molecule has 0 saturated carbocycles.